The van der Waals surface area contributed by atoms with Crippen LogP contribution in [0, 0.1) is 0 Å². The predicted molar refractivity (Wildman–Crippen MR) is 94.1 cm³/mol. The first kappa shape index (κ1) is 17.0. The van der Waals surface area contributed by atoms with Crippen molar-refractivity contribution in [1.29, 1.82) is 0 Å². The summed E-state index contributed by atoms with van der Waals surface area (Å²) in [5, 5.41) is 19.4. The Hall–Kier alpha value is -1.86. The van der Waals surface area contributed by atoms with Crippen LogP contribution < -0.4 is 10.6 Å². The molecule has 3 rings (SSSR count). The summed E-state index contributed by atoms with van der Waals surface area (Å²) in [6.45, 7) is 3.27. The molecule has 0 radical (unpaired) electrons. The molecule has 24 heavy (non-hydrogen) atoms. The largest absolute Gasteiger partial charge is 0.394 e. The van der Waals surface area contributed by atoms with E-state index in [0.717, 1.165) is 36.9 Å². The van der Waals surface area contributed by atoms with Crippen molar-refractivity contribution in [2.45, 2.75) is 51.7 Å². The Bertz CT molecular complexity index is 695. The van der Waals surface area contributed by atoms with Gasteiger partial charge in [0.2, 0.25) is 0 Å². The Morgan fingerprint density at radius 3 is 3.04 bits per heavy atom. The number of aliphatic hydroxyl groups excluding tert-OH is 1. The first-order valence-electron chi connectivity index (χ1n) is 8.48. The maximum Gasteiger partial charge on any atom is 0.315 e. The molecule has 0 aliphatic heterocycles. The van der Waals surface area contributed by atoms with Gasteiger partial charge in [-0.3, -0.25) is 4.68 Å². The number of amides is 2. The van der Waals surface area contributed by atoms with Crippen LogP contribution in [0.1, 0.15) is 46.8 Å². The molecule has 1 aliphatic rings. The third kappa shape index (κ3) is 3.79. The van der Waals surface area contributed by atoms with Crippen LogP contribution >= 0.6 is 11.3 Å². The van der Waals surface area contributed by atoms with Gasteiger partial charge >= 0.3 is 6.03 Å². The highest BCUT2D eigenvalue weighted by atomic mass is 32.1. The number of urea groups is 1. The molecular weight excluding hydrogens is 324 g/mol. The number of thiophene rings is 1. The molecule has 2 amide bonds. The Balaban J connectivity index is 1.57. The third-order valence-corrected chi connectivity index (χ3v) is 5.60. The molecule has 0 spiro atoms. The summed E-state index contributed by atoms with van der Waals surface area (Å²) in [4.78, 5) is 14.7. The number of aryl methyl sites for hydroxylation is 1. The summed E-state index contributed by atoms with van der Waals surface area (Å²) in [7, 11) is 0. The summed E-state index contributed by atoms with van der Waals surface area (Å²) in [6, 6.07) is 4.04. The standard InChI is InChI=1S/C17H24N4O2S/c1-2-12-6-7-13(24-12)10-18-17(23)20-15-4-3-5-16-14(15)11-19-21(16)8-9-22/h6-7,11,15,22H,2-5,8-10H2,1H3,(H2,18,20,23)/t15-/m1/s1. The SMILES string of the molecule is CCc1ccc(CNC(=O)N[C@@H]2CCCc3c2cnn3CCO)s1. The summed E-state index contributed by atoms with van der Waals surface area (Å²) in [6.07, 6.45) is 5.73. The molecule has 0 bridgehead atoms. The molecule has 7 heteroatoms. The maximum atomic E-state index is 12.2. The average Bonchev–Trinajstić information content (AvgIpc) is 3.21. The van der Waals surface area contributed by atoms with Gasteiger partial charge in [-0.1, -0.05) is 6.92 Å². The number of aromatic nitrogens is 2. The number of carbonyl (C=O) groups excluding carboxylic acids is 1. The van der Waals surface area contributed by atoms with E-state index in [1.54, 1.807) is 11.3 Å². The minimum Gasteiger partial charge on any atom is -0.394 e. The molecule has 1 aliphatic carbocycles. The summed E-state index contributed by atoms with van der Waals surface area (Å²) in [5.41, 5.74) is 2.21. The van der Waals surface area contributed by atoms with Gasteiger partial charge in [0.25, 0.3) is 0 Å². The van der Waals surface area contributed by atoms with Gasteiger partial charge in [0.05, 0.1) is 31.9 Å². The second-order valence-electron chi connectivity index (χ2n) is 5.99. The van der Waals surface area contributed by atoms with E-state index < -0.39 is 0 Å². The zero-order valence-electron chi connectivity index (χ0n) is 13.9. The molecule has 0 aromatic carbocycles. The highest BCUT2D eigenvalue weighted by Gasteiger charge is 2.25. The highest BCUT2D eigenvalue weighted by Crippen LogP contribution is 2.29. The van der Waals surface area contributed by atoms with E-state index in [1.165, 1.54) is 9.75 Å². The van der Waals surface area contributed by atoms with Crippen LogP contribution in [-0.4, -0.2) is 27.5 Å². The van der Waals surface area contributed by atoms with Crippen molar-refractivity contribution in [1.82, 2.24) is 20.4 Å². The number of rotatable bonds is 6. The molecule has 0 saturated heterocycles. The molecule has 3 N–H and O–H groups in total. The van der Waals surface area contributed by atoms with Crippen molar-refractivity contribution in [3.05, 3.63) is 39.3 Å². The fourth-order valence-corrected chi connectivity index (χ4v) is 4.04. The molecule has 0 fully saturated rings. The Labute approximate surface area is 145 Å². The van der Waals surface area contributed by atoms with Crippen molar-refractivity contribution < 1.29 is 9.90 Å². The van der Waals surface area contributed by atoms with Gasteiger partial charge in [-0.15, -0.1) is 11.3 Å². The van der Waals surface area contributed by atoms with Crippen molar-refractivity contribution >= 4 is 17.4 Å². The Morgan fingerprint density at radius 1 is 1.46 bits per heavy atom. The fraction of sp³-hybridized carbons (Fsp3) is 0.529. The fourth-order valence-electron chi connectivity index (χ4n) is 3.14. The van der Waals surface area contributed by atoms with Gasteiger partial charge in [-0.2, -0.15) is 5.10 Å². The highest BCUT2D eigenvalue weighted by molar-refractivity contribution is 7.11. The van der Waals surface area contributed by atoms with Gasteiger partial charge in [-0.25, -0.2) is 4.79 Å². The molecular formula is C17H24N4O2S. The van der Waals surface area contributed by atoms with Crippen LogP contribution in [0.25, 0.3) is 0 Å². The molecule has 130 valence electrons. The van der Waals surface area contributed by atoms with Crippen LogP contribution in [0.4, 0.5) is 4.79 Å². The lowest BCUT2D eigenvalue weighted by Gasteiger charge is -2.24. The number of carbonyl (C=O) groups is 1. The zero-order valence-corrected chi connectivity index (χ0v) is 14.7. The van der Waals surface area contributed by atoms with Crippen molar-refractivity contribution in [2.24, 2.45) is 0 Å². The van der Waals surface area contributed by atoms with Crippen molar-refractivity contribution in [3.63, 3.8) is 0 Å². The smallest absolute Gasteiger partial charge is 0.315 e. The van der Waals surface area contributed by atoms with E-state index >= 15 is 0 Å². The first-order valence-corrected chi connectivity index (χ1v) is 9.30. The number of fused-ring (bicyclic) bond motifs is 1. The number of nitrogens with one attached hydrogen (secondary N) is 2. The van der Waals surface area contributed by atoms with Gasteiger partial charge in [0, 0.05) is 21.0 Å². The second-order valence-corrected chi connectivity index (χ2v) is 7.24. The predicted octanol–water partition coefficient (Wildman–Crippen LogP) is 2.38. The lowest BCUT2D eigenvalue weighted by atomic mass is 9.93. The Kier molecular flexibility index (Phi) is 5.52. The quantitative estimate of drug-likeness (QED) is 0.750. The van der Waals surface area contributed by atoms with Crippen molar-refractivity contribution in [3.8, 4) is 0 Å². The monoisotopic (exact) mass is 348 g/mol. The van der Waals surface area contributed by atoms with Gasteiger partial charge in [0.15, 0.2) is 0 Å². The summed E-state index contributed by atoms with van der Waals surface area (Å²) in [5.74, 6) is 0. The van der Waals surface area contributed by atoms with Crippen LogP contribution in [0.2, 0.25) is 0 Å². The van der Waals surface area contributed by atoms with Crippen LogP contribution in [0.5, 0.6) is 0 Å². The van der Waals surface area contributed by atoms with Gasteiger partial charge < -0.3 is 15.7 Å². The summed E-state index contributed by atoms with van der Waals surface area (Å²) >= 11 is 1.74. The van der Waals surface area contributed by atoms with Gasteiger partial charge in [0.1, 0.15) is 0 Å². The number of aliphatic hydroxyl groups is 1. The topological polar surface area (TPSA) is 79.2 Å². The second kappa shape index (κ2) is 7.81. The molecule has 0 unspecified atom stereocenters. The number of nitrogens with zero attached hydrogens (tertiary/aromatic N) is 2. The maximum absolute atomic E-state index is 12.2. The molecule has 6 nitrogen and oxygen atoms in total. The molecule has 0 saturated carbocycles. The third-order valence-electron chi connectivity index (χ3n) is 4.37. The minimum atomic E-state index is -0.144. The van der Waals surface area contributed by atoms with E-state index in [-0.39, 0.29) is 18.7 Å². The first-order chi connectivity index (χ1) is 11.7. The van der Waals surface area contributed by atoms with E-state index in [1.807, 2.05) is 10.9 Å². The molecule has 2 aromatic heterocycles. The van der Waals surface area contributed by atoms with E-state index in [2.05, 4.69) is 34.8 Å². The normalized spacial score (nSPS) is 16.7. The zero-order chi connectivity index (χ0) is 16.9. The van der Waals surface area contributed by atoms with Crippen LogP contribution in [0.15, 0.2) is 18.3 Å². The number of hydrogen-bond acceptors (Lipinski definition) is 4. The van der Waals surface area contributed by atoms with Gasteiger partial charge in [-0.05, 0) is 37.8 Å². The number of hydrogen-bond donors (Lipinski definition) is 3. The van der Waals surface area contributed by atoms with E-state index in [0.29, 0.717) is 13.1 Å². The van der Waals surface area contributed by atoms with E-state index in [4.69, 9.17) is 5.11 Å². The van der Waals surface area contributed by atoms with E-state index in [9.17, 15) is 4.79 Å². The minimum absolute atomic E-state index is 0.00395. The lowest BCUT2D eigenvalue weighted by Crippen LogP contribution is -2.38. The molecule has 2 aromatic rings. The lowest BCUT2D eigenvalue weighted by molar-refractivity contribution is 0.235. The molecule has 1 atom stereocenters. The van der Waals surface area contributed by atoms with Crippen LogP contribution in [-0.2, 0) is 25.9 Å². The summed E-state index contributed by atoms with van der Waals surface area (Å²) < 4.78 is 1.85. The van der Waals surface area contributed by atoms with Crippen LogP contribution in [0.3, 0.4) is 0 Å². The molecule has 2 heterocycles. The van der Waals surface area contributed by atoms with Crippen molar-refractivity contribution in [2.75, 3.05) is 6.61 Å². The Morgan fingerprint density at radius 2 is 2.29 bits per heavy atom. The average molecular weight is 348 g/mol.